The molecule has 202 valence electrons. The van der Waals surface area contributed by atoms with Gasteiger partial charge in [0.1, 0.15) is 28.8 Å². The Hall–Kier alpha value is -5.29. The van der Waals surface area contributed by atoms with Gasteiger partial charge in [0.25, 0.3) is 11.8 Å². The fourth-order valence-electron chi connectivity index (χ4n) is 3.19. The second kappa shape index (κ2) is 13.0. The molecule has 4 rings (SSSR count). The molecule has 0 saturated carbocycles. The first-order valence-electron chi connectivity index (χ1n) is 11.6. The maximum Gasteiger partial charge on any atom is 0.323 e. The normalized spacial score (nSPS) is 10.6. The molecule has 0 fully saturated rings. The minimum atomic E-state index is -0.905. The summed E-state index contributed by atoms with van der Waals surface area (Å²) in [4.78, 5) is 40.5. The number of ether oxygens (including phenoxy) is 1. The molecule has 9 nitrogen and oxygen atoms in total. The highest BCUT2D eigenvalue weighted by Gasteiger charge is 2.11. The number of halogens is 3. The van der Waals surface area contributed by atoms with E-state index in [1.807, 2.05) is 0 Å². The molecule has 3 aromatic carbocycles. The van der Waals surface area contributed by atoms with Crippen LogP contribution in [0.15, 0.2) is 91.1 Å². The van der Waals surface area contributed by atoms with Crippen LogP contribution in [0.5, 0.6) is 11.5 Å². The van der Waals surface area contributed by atoms with E-state index in [9.17, 15) is 23.2 Å². The fourth-order valence-corrected chi connectivity index (χ4v) is 3.31. The van der Waals surface area contributed by atoms with Crippen LogP contribution in [0.3, 0.4) is 0 Å². The second-order valence-electron chi connectivity index (χ2n) is 8.03. The van der Waals surface area contributed by atoms with Gasteiger partial charge in [0, 0.05) is 35.1 Å². The van der Waals surface area contributed by atoms with Crippen molar-refractivity contribution < 1.29 is 27.9 Å². The topological polar surface area (TPSA) is 121 Å². The van der Waals surface area contributed by atoms with E-state index < -0.39 is 29.5 Å². The largest absolute Gasteiger partial charge is 0.457 e. The zero-order chi connectivity index (χ0) is 28.5. The molecule has 0 aliphatic carbocycles. The lowest BCUT2D eigenvalue weighted by Crippen LogP contribution is -2.41. The number of carbonyl (C=O) groups is 3. The van der Waals surface area contributed by atoms with Crippen molar-refractivity contribution in [2.24, 2.45) is 0 Å². The van der Waals surface area contributed by atoms with Gasteiger partial charge in [0.15, 0.2) is 0 Å². The van der Waals surface area contributed by atoms with Crippen LogP contribution in [0, 0.1) is 11.6 Å². The zero-order valence-electron chi connectivity index (χ0n) is 20.5. The van der Waals surface area contributed by atoms with Gasteiger partial charge < -0.3 is 15.4 Å². The first kappa shape index (κ1) is 27.7. The van der Waals surface area contributed by atoms with Crippen LogP contribution in [-0.4, -0.2) is 22.8 Å². The van der Waals surface area contributed by atoms with E-state index in [1.165, 1.54) is 36.5 Å². The first-order valence-corrected chi connectivity index (χ1v) is 11.9. The maximum atomic E-state index is 13.7. The van der Waals surface area contributed by atoms with Gasteiger partial charge in [0.2, 0.25) is 0 Å². The minimum Gasteiger partial charge on any atom is -0.457 e. The maximum absolute atomic E-state index is 13.7. The molecular weight excluding hydrogens is 544 g/mol. The van der Waals surface area contributed by atoms with Gasteiger partial charge in [-0.1, -0.05) is 23.7 Å². The highest BCUT2D eigenvalue weighted by molar-refractivity contribution is 6.30. The van der Waals surface area contributed by atoms with E-state index in [2.05, 4.69) is 26.5 Å². The fraction of sp³-hybridized carbons (Fsp3) is 0. The van der Waals surface area contributed by atoms with E-state index in [0.717, 1.165) is 17.7 Å². The van der Waals surface area contributed by atoms with E-state index in [1.54, 1.807) is 42.5 Å². The molecule has 0 aliphatic heterocycles. The van der Waals surface area contributed by atoms with Crippen molar-refractivity contribution in [3.63, 3.8) is 0 Å². The molecular formula is C28H20ClF2N5O4. The Kier molecular flexibility index (Phi) is 9.00. The average Bonchev–Trinajstić information content (AvgIpc) is 2.94. The number of pyridine rings is 1. The summed E-state index contributed by atoms with van der Waals surface area (Å²) in [6, 6.07) is 18.0. The number of nitrogens with zero attached hydrogens (tertiary/aromatic N) is 1. The molecule has 0 atom stereocenters. The van der Waals surface area contributed by atoms with Gasteiger partial charge in [0.05, 0.1) is 5.69 Å². The van der Waals surface area contributed by atoms with E-state index in [0.29, 0.717) is 28.3 Å². The Morgan fingerprint density at radius 2 is 1.57 bits per heavy atom. The summed E-state index contributed by atoms with van der Waals surface area (Å²) in [7, 11) is 0. The monoisotopic (exact) mass is 563 g/mol. The van der Waals surface area contributed by atoms with Crippen LogP contribution < -0.4 is 26.2 Å². The van der Waals surface area contributed by atoms with Crippen molar-refractivity contribution in [1.29, 1.82) is 0 Å². The number of amides is 4. The molecule has 0 aliphatic rings. The number of aromatic nitrogens is 1. The number of rotatable bonds is 7. The van der Waals surface area contributed by atoms with Crippen LogP contribution in [-0.2, 0) is 4.79 Å². The number of hydrogen-bond donors (Lipinski definition) is 4. The minimum absolute atomic E-state index is 0.0116. The van der Waals surface area contributed by atoms with Crippen molar-refractivity contribution in [3.05, 3.63) is 119 Å². The third-order valence-corrected chi connectivity index (χ3v) is 5.34. The molecule has 4 amide bonds. The smallest absolute Gasteiger partial charge is 0.323 e. The first-order chi connectivity index (χ1) is 19.2. The molecule has 0 unspecified atom stereocenters. The molecule has 40 heavy (non-hydrogen) atoms. The van der Waals surface area contributed by atoms with Gasteiger partial charge >= 0.3 is 6.03 Å². The van der Waals surface area contributed by atoms with E-state index in [4.69, 9.17) is 16.3 Å². The molecule has 1 aromatic heterocycles. The Morgan fingerprint density at radius 1 is 0.825 bits per heavy atom. The summed E-state index contributed by atoms with van der Waals surface area (Å²) >= 11 is 5.83. The lowest BCUT2D eigenvalue weighted by molar-refractivity contribution is -0.117. The van der Waals surface area contributed by atoms with Gasteiger partial charge in [-0.05, 0) is 66.2 Å². The van der Waals surface area contributed by atoms with E-state index in [-0.39, 0.29) is 11.4 Å². The lowest BCUT2D eigenvalue weighted by Gasteiger charge is -2.10. The van der Waals surface area contributed by atoms with Crippen LogP contribution in [0.1, 0.15) is 16.1 Å². The number of nitrogens with one attached hydrogen (secondary N) is 4. The Labute approximate surface area is 231 Å². The van der Waals surface area contributed by atoms with Crippen LogP contribution in [0.4, 0.5) is 25.0 Å². The number of hydrazine groups is 1. The number of hydrogen-bond acceptors (Lipinski definition) is 5. The third kappa shape index (κ3) is 8.10. The Bertz CT molecular complexity index is 1560. The third-order valence-electron chi connectivity index (χ3n) is 5.09. The molecule has 0 radical (unpaired) electrons. The van der Waals surface area contributed by atoms with Crippen molar-refractivity contribution in [2.45, 2.75) is 0 Å². The summed E-state index contributed by atoms with van der Waals surface area (Å²) in [6.45, 7) is 0. The van der Waals surface area contributed by atoms with Crippen LogP contribution in [0.2, 0.25) is 5.02 Å². The molecule has 1 heterocycles. The highest BCUT2D eigenvalue weighted by Crippen LogP contribution is 2.23. The number of anilines is 2. The van der Waals surface area contributed by atoms with Gasteiger partial charge in [-0.3, -0.25) is 25.4 Å². The van der Waals surface area contributed by atoms with Crippen molar-refractivity contribution in [3.8, 4) is 11.5 Å². The molecule has 0 bridgehead atoms. The van der Waals surface area contributed by atoms with Gasteiger partial charge in [-0.15, -0.1) is 0 Å². The lowest BCUT2D eigenvalue weighted by atomic mass is 10.2. The van der Waals surface area contributed by atoms with Crippen LogP contribution in [0.25, 0.3) is 6.08 Å². The molecule has 4 N–H and O–H groups in total. The number of urea groups is 1. The van der Waals surface area contributed by atoms with Crippen LogP contribution >= 0.6 is 11.6 Å². The van der Waals surface area contributed by atoms with Gasteiger partial charge in [-0.2, -0.15) is 0 Å². The quantitative estimate of drug-likeness (QED) is 0.164. The summed E-state index contributed by atoms with van der Waals surface area (Å²) in [6.07, 6.45) is 4.17. The predicted molar refractivity (Wildman–Crippen MR) is 146 cm³/mol. The molecule has 12 heteroatoms. The number of carbonyl (C=O) groups excluding carboxylic acids is 3. The summed E-state index contributed by atoms with van der Waals surface area (Å²) in [5.74, 6) is -2.21. The van der Waals surface area contributed by atoms with E-state index >= 15 is 0 Å². The predicted octanol–water partition coefficient (Wildman–Crippen LogP) is 5.92. The number of benzene rings is 3. The zero-order valence-corrected chi connectivity index (χ0v) is 21.2. The van der Waals surface area contributed by atoms with Crippen molar-refractivity contribution in [1.82, 2.24) is 15.8 Å². The SMILES string of the molecule is O=C(/C=C/c1ccc(Cl)cc1)NNC(=O)c1cc(Oc2ccc(NC(=O)Nc3ccc(F)cc3F)cc2)ccn1. The van der Waals surface area contributed by atoms with Crippen molar-refractivity contribution in [2.75, 3.05) is 10.6 Å². The van der Waals surface area contributed by atoms with Crippen molar-refractivity contribution >= 4 is 46.9 Å². The molecule has 4 aromatic rings. The molecule has 0 saturated heterocycles. The summed E-state index contributed by atoms with van der Waals surface area (Å²) in [5.41, 5.74) is 5.48. The standard InChI is InChI=1S/C28H20ClF2N5O4/c29-18-4-1-17(2-5-18)3-12-26(37)35-36-27(38)25-16-22(13-14-32-25)40-21-9-7-20(8-10-21)33-28(39)34-24-11-6-19(30)15-23(24)31/h1-16H,(H,35,37)(H,36,38)(H2,33,34,39)/b12-3+. The Morgan fingerprint density at radius 3 is 2.30 bits per heavy atom. The highest BCUT2D eigenvalue weighted by atomic mass is 35.5. The Balaban J connectivity index is 1.28. The second-order valence-corrected chi connectivity index (χ2v) is 8.47. The van der Waals surface area contributed by atoms with Gasteiger partial charge in [-0.25, -0.2) is 13.6 Å². The summed E-state index contributed by atoms with van der Waals surface area (Å²) < 4.78 is 32.5. The summed E-state index contributed by atoms with van der Waals surface area (Å²) in [5, 5.41) is 5.38. The molecule has 0 spiro atoms. The average molecular weight is 564 g/mol.